The molecule has 3 amide bonds. The van der Waals surface area contributed by atoms with Gasteiger partial charge in [0.25, 0.3) is 5.91 Å². The molecule has 3 aromatic rings. The summed E-state index contributed by atoms with van der Waals surface area (Å²) in [6.07, 6.45) is 2.77. The smallest absolute Gasteiger partial charge is 0.260 e. The number of hydrogen-bond donors (Lipinski definition) is 3. The summed E-state index contributed by atoms with van der Waals surface area (Å²) in [4.78, 5) is 44.1. The van der Waals surface area contributed by atoms with Crippen LogP contribution in [0.15, 0.2) is 66.9 Å². The van der Waals surface area contributed by atoms with Gasteiger partial charge in [-0.1, -0.05) is 36.4 Å². The van der Waals surface area contributed by atoms with Gasteiger partial charge in [-0.2, -0.15) is 0 Å². The monoisotopic (exact) mass is 531 g/mol. The largest absolute Gasteiger partial charge is 0.326 e. The molecule has 0 saturated carbocycles. The van der Waals surface area contributed by atoms with Crippen molar-refractivity contribution in [3.63, 3.8) is 0 Å². The van der Waals surface area contributed by atoms with E-state index in [1.165, 1.54) is 18.7 Å². The number of halogens is 1. The molecule has 1 heterocycles. The van der Waals surface area contributed by atoms with E-state index in [9.17, 15) is 18.8 Å². The zero-order chi connectivity index (χ0) is 28.0. The number of nitrogens with one attached hydrogen (secondary N) is 3. The number of benzene rings is 2. The molecule has 0 radical (unpaired) electrons. The van der Waals surface area contributed by atoms with E-state index in [-0.39, 0.29) is 24.9 Å². The number of carbonyl (C=O) groups is 3. The predicted octanol–water partition coefficient (Wildman–Crippen LogP) is 3.87. The van der Waals surface area contributed by atoms with Crippen LogP contribution in [0.2, 0.25) is 0 Å². The number of carbonyl (C=O) groups excluding carboxylic acids is 3. The van der Waals surface area contributed by atoms with E-state index >= 15 is 0 Å². The Hall–Kier alpha value is -4.11. The fourth-order valence-electron chi connectivity index (χ4n) is 4.78. The van der Waals surface area contributed by atoms with Gasteiger partial charge in [-0.3, -0.25) is 14.4 Å². The van der Waals surface area contributed by atoms with Crippen molar-refractivity contribution in [1.29, 1.82) is 0 Å². The lowest BCUT2D eigenvalue weighted by Gasteiger charge is -2.28. The average Bonchev–Trinajstić information content (AvgIpc) is 3.33. The van der Waals surface area contributed by atoms with Gasteiger partial charge in [0.1, 0.15) is 12.4 Å². The molecule has 1 aliphatic rings. The van der Waals surface area contributed by atoms with Crippen LogP contribution in [-0.2, 0) is 40.3 Å². The molecule has 0 aliphatic heterocycles. The maximum absolute atomic E-state index is 14.7. The normalized spacial score (nSPS) is 14.4. The highest BCUT2D eigenvalue weighted by molar-refractivity contribution is 5.96. The van der Waals surface area contributed by atoms with E-state index in [0.29, 0.717) is 30.9 Å². The van der Waals surface area contributed by atoms with Gasteiger partial charge in [0.05, 0.1) is 0 Å². The number of fused-ring (bicyclic) bond motifs is 1. The van der Waals surface area contributed by atoms with Crippen molar-refractivity contribution in [3.05, 3.63) is 89.1 Å². The highest BCUT2D eigenvalue weighted by Crippen LogP contribution is 2.30. The minimum atomic E-state index is -2.13. The summed E-state index contributed by atoms with van der Waals surface area (Å²) in [5.74, 6) is -1.01. The first-order chi connectivity index (χ1) is 18.6. The van der Waals surface area contributed by atoms with Gasteiger partial charge in [0.2, 0.25) is 11.8 Å². The van der Waals surface area contributed by atoms with Gasteiger partial charge in [0, 0.05) is 30.9 Å². The molecule has 0 fully saturated rings. The van der Waals surface area contributed by atoms with Gasteiger partial charge >= 0.3 is 0 Å². The van der Waals surface area contributed by atoms with Crippen LogP contribution < -0.4 is 16.0 Å². The van der Waals surface area contributed by atoms with Crippen molar-refractivity contribution < 1.29 is 18.8 Å². The van der Waals surface area contributed by atoms with Crippen LogP contribution in [0.4, 0.5) is 15.9 Å². The van der Waals surface area contributed by atoms with E-state index < -0.39 is 17.5 Å². The molecule has 1 aliphatic carbocycles. The van der Waals surface area contributed by atoms with Gasteiger partial charge in [-0.05, 0) is 80.3 Å². The van der Waals surface area contributed by atoms with Crippen LogP contribution in [0.1, 0.15) is 36.1 Å². The fourth-order valence-corrected chi connectivity index (χ4v) is 4.78. The summed E-state index contributed by atoms with van der Waals surface area (Å²) in [6, 6.07) is 18.4. The third-order valence-electron chi connectivity index (χ3n) is 6.69. The standard InChI is InChI=1S/C30H34FN5O3/c1-30(2,31)29(39)36(18-22-9-5-4-8-21(22)17-32-3)19-27(37)34-25-12-11-20-14-24(15-23(20)16-25)28(38)35-26-10-6-7-13-33-26/h4-13,16,24,32H,14-15,17-19H2,1-3H3,(H,34,37)(H,33,35,38)/t24-/m1/s1. The molecule has 0 spiro atoms. The molecule has 9 heteroatoms. The molecule has 1 atom stereocenters. The van der Waals surface area contributed by atoms with E-state index in [4.69, 9.17) is 0 Å². The second-order valence-corrected chi connectivity index (χ2v) is 10.3. The van der Waals surface area contributed by atoms with E-state index in [2.05, 4.69) is 20.9 Å². The maximum atomic E-state index is 14.7. The Morgan fingerprint density at radius 2 is 1.69 bits per heavy atom. The van der Waals surface area contributed by atoms with E-state index in [0.717, 1.165) is 22.3 Å². The molecule has 0 bridgehead atoms. The Bertz CT molecular complexity index is 1340. The Balaban J connectivity index is 1.42. The first-order valence-corrected chi connectivity index (χ1v) is 13.0. The second-order valence-electron chi connectivity index (χ2n) is 10.3. The number of amides is 3. The van der Waals surface area contributed by atoms with Gasteiger partial charge in [-0.25, -0.2) is 9.37 Å². The molecule has 204 valence electrons. The Morgan fingerprint density at radius 3 is 2.38 bits per heavy atom. The minimum absolute atomic E-state index is 0.1000. The molecule has 3 N–H and O–H groups in total. The Labute approximate surface area is 228 Å². The summed E-state index contributed by atoms with van der Waals surface area (Å²) in [6.45, 7) is 2.78. The van der Waals surface area contributed by atoms with Crippen molar-refractivity contribution in [2.75, 3.05) is 24.2 Å². The number of rotatable bonds is 10. The molecular formula is C30H34FN5O3. The Morgan fingerprint density at radius 1 is 0.974 bits per heavy atom. The van der Waals surface area contributed by atoms with Crippen LogP contribution in [0, 0.1) is 5.92 Å². The molecule has 2 aromatic carbocycles. The second kappa shape index (κ2) is 12.2. The lowest BCUT2D eigenvalue weighted by molar-refractivity contribution is -0.144. The van der Waals surface area contributed by atoms with Crippen LogP contribution >= 0.6 is 0 Å². The third kappa shape index (κ3) is 7.26. The van der Waals surface area contributed by atoms with Gasteiger partial charge in [0.15, 0.2) is 5.67 Å². The summed E-state index contributed by atoms with van der Waals surface area (Å²) in [7, 11) is 1.82. The number of pyridine rings is 1. The number of anilines is 2. The number of alkyl halides is 1. The molecule has 0 unspecified atom stereocenters. The van der Waals surface area contributed by atoms with E-state index in [1.807, 2.05) is 49.5 Å². The van der Waals surface area contributed by atoms with Crippen LogP contribution in [0.25, 0.3) is 0 Å². The molecule has 4 rings (SSSR count). The minimum Gasteiger partial charge on any atom is -0.326 e. The van der Waals surface area contributed by atoms with Crippen LogP contribution in [0.5, 0.6) is 0 Å². The number of aromatic nitrogens is 1. The maximum Gasteiger partial charge on any atom is 0.260 e. The first kappa shape index (κ1) is 27.9. The molecule has 0 saturated heterocycles. The average molecular weight is 532 g/mol. The fraction of sp³-hybridized carbons (Fsp3) is 0.333. The highest BCUT2D eigenvalue weighted by atomic mass is 19.1. The summed E-state index contributed by atoms with van der Waals surface area (Å²) >= 11 is 0. The zero-order valence-corrected chi connectivity index (χ0v) is 22.5. The van der Waals surface area contributed by atoms with Crippen molar-refractivity contribution >= 4 is 29.2 Å². The van der Waals surface area contributed by atoms with Crippen molar-refractivity contribution in [2.24, 2.45) is 5.92 Å². The van der Waals surface area contributed by atoms with Crippen LogP contribution in [-0.4, -0.2) is 46.9 Å². The summed E-state index contributed by atoms with van der Waals surface area (Å²) in [5, 5.41) is 8.78. The summed E-state index contributed by atoms with van der Waals surface area (Å²) in [5.41, 5.74) is 2.27. The van der Waals surface area contributed by atoms with Gasteiger partial charge in [-0.15, -0.1) is 0 Å². The zero-order valence-electron chi connectivity index (χ0n) is 22.5. The molecule has 1 aromatic heterocycles. The third-order valence-corrected chi connectivity index (χ3v) is 6.69. The lowest BCUT2D eigenvalue weighted by Crippen LogP contribution is -2.45. The van der Waals surface area contributed by atoms with Crippen molar-refractivity contribution in [2.45, 2.75) is 45.4 Å². The van der Waals surface area contributed by atoms with Gasteiger partial charge < -0.3 is 20.9 Å². The lowest BCUT2D eigenvalue weighted by atomic mass is 10.0. The number of nitrogens with zero attached hydrogens (tertiary/aromatic N) is 2. The predicted molar refractivity (Wildman–Crippen MR) is 149 cm³/mol. The van der Waals surface area contributed by atoms with Crippen molar-refractivity contribution in [1.82, 2.24) is 15.2 Å². The molecule has 39 heavy (non-hydrogen) atoms. The SMILES string of the molecule is CNCc1ccccc1CN(CC(=O)Nc1ccc2c(c1)C[C@H](C(=O)Nc1ccccn1)C2)C(=O)C(C)(C)F. The molecular weight excluding hydrogens is 497 g/mol. The van der Waals surface area contributed by atoms with Crippen LogP contribution in [0.3, 0.4) is 0 Å². The first-order valence-electron chi connectivity index (χ1n) is 13.0. The molecule has 8 nitrogen and oxygen atoms in total. The van der Waals surface area contributed by atoms with E-state index in [1.54, 1.807) is 24.4 Å². The van der Waals surface area contributed by atoms with Crippen molar-refractivity contribution in [3.8, 4) is 0 Å². The highest BCUT2D eigenvalue weighted by Gasteiger charge is 2.33. The summed E-state index contributed by atoms with van der Waals surface area (Å²) < 4.78 is 14.7. The number of hydrogen-bond acceptors (Lipinski definition) is 5. The Kier molecular flexibility index (Phi) is 8.71. The quantitative estimate of drug-likeness (QED) is 0.369. The topological polar surface area (TPSA) is 103 Å².